The molecule has 0 bridgehead atoms. The van der Waals surface area contributed by atoms with Gasteiger partial charge in [0.25, 0.3) is 0 Å². The number of nitrogens with one attached hydrogen (secondary N) is 2. The van der Waals surface area contributed by atoms with Crippen molar-refractivity contribution in [2.75, 3.05) is 70.4 Å². The van der Waals surface area contributed by atoms with Crippen LogP contribution in [0.4, 0.5) is 0 Å². The number of hydrogen-bond donors (Lipinski definition) is 5. The maximum Gasteiger partial charge on any atom is 0.327 e. The molecule has 1 atom stereocenters. The fourth-order valence-corrected chi connectivity index (χ4v) is 4.56. The summed E-state index contributed by atoms with van der Waals surface area (Å²) in [5, 5.41) is 13.2. The number of amides is 2. The lowest BCUT2D eigenvalue weighted by Gasteiger charge is -2.25. The lowest BCUT2D eigenvalue weighted by atomic mass is 10.3. The van der Waals surface area contributed by atoms with Crippen LogP contribution >= 0.6 is 25.3 Å². The molecular formula is C54H102N6O4S2. The summed E-state index contributed by atoms with van der Waals surface area (Å²) in [7, 11) is 0. The number of amidine groups is 1. The summed E-state index contributed by atoms with van der Waals surface area (Å²) in [5.41, 5.74) is 0. The number of carboxylic acid groups (broad SMARTS) is 1. The Kier molecular flexibility index (Phi) is 37.2. The van der Waals surface area contributed by atoms with Gasteiger partial charge in [-0.25, -0.2) is 4.79 Å². The smallest absolute Gasteiger partial charge is 0.327 e. The van der Waals surface area contributed by atoms with E-state index >= 15 is 0 Å². The number of aliphatic carboxylic acids is 1. The molecule has 0 spiro atoms. The highest BCUT2D eigenvalue weighted by atomic mass is 32.1. The molecule has 1 fully saturated rings. The van der Waals surface area contributed by atoms with E-state index in [2.05, 4.69) is 254 Å². The van der Waals surface area contributed by atoms with E-state index in [1.165, 1.54) is 0 Å². The van der Waals surface area contributed by atoms with E-state index in [1.807, 2.05) is 4.90 Å². The minimum atomic E-state index is -0.981. The molecule has 3 N–H and O–H groups in total. The molecule has 0 aromatic rings. The van der Waals surface area contributed by atoms with Crippen molar-refractivity contribution < 1.29 is 62.3 Å². The number of aliphatic imine (C=N–C) groups is 1. The van der Waals surface area contributed by atoms with Gasteiger partial charge in [0, 0.05) is 101 Å². The Balaban J connectivity index is -0.0000000219. The number of carbonyl (C=O) groups excluding carboxylic acids is 2. The zero-order valence-corrected chi connectivity index (χ0v) is 38.5. The van der Waals surface area contributed by atoms with E-state index in [9.17, 15) is 14.4 Å². The van der Waals surface area contributed by atoms with E-state index < -0.39 is 5.97 Å². The first-order chi connectivity index (χ1) is 32.3. The van der Waals surface area contributed by atoms with Crippen LogP contribution < -0.4 is 10.6 Å². The summed E-state index contributed by atoms with van der Waals surface area (Å²) >= 11 is 7.88. The van der Waals surface area contributed by atoms with Crippen LogP contribution in [-0.4, -0.2) is 120 Å². The molecule has 384 valence electrons. The van der Waals surface area contributed by atoms with Gasteiger partial charge in [0.15, 0.2) is 5.84 Å². The number of thiol groups is 2. The van der Waals surface area contributed by atoms with Crippen molar-refractivity contribution in [3.63, 3.8) is 0 Å². The molecule has 0 aliphatic carbocycles. The summed E-state index contributed by atoms with van der Waals surface area (Å²) in [4.78, 5) is 42.6. The van der Waals surface area contributed by atoms with Gasteiger partial charge in [-0.2, -0.15) is 25.3 Å². The summed E-state index contributed by atoms with van der Waals surface area (Å²) in [5.74, 6) is 83.6. The Morgan fingerprint density at radius 1 is 0.621 bits per heavy atom. The molecule has 66 heavy (non-hydrogen) atoms. The first-order valence-electron chi connectivity index (χ1n) is 19.5. The maximum atomic E-state index is 11.4. The highest BCUT2D eigenvalue weighted by molar-refractivity contribution is 7.81. The Morgan fingerprint density at radius 2 is 0.985 bits per heavy atom. The minimum absolute atomic E-state index is 0. The summed E-state index contributed by atoms with van der Waals surface area (Å²) in [6, 6.07) is 0. The van der Waals surface area contributed by atoms with Crippen LogP contribution in [0.1, 0.15) is 70.0 Å². The van der Waals surface area contributed by atoms with E-state index in [0.29, 0.717) is 32.0 Å². The van der Waals surface area contributed by atoms with Gasteiger partial charge in [-0.05, 0) is 192 Å². The molecule has 0 radical (unpaired) electrons. The molecule has 0 aromatic carbocycles. The van der Waals surface area contributed by atoms with Crippen molar-refractivity contribution in [1.82, 2.24) is 25.3 Å². The maximum absolute atomic E-state index is 11.4. The van der Waals surface area contributed by atoms with E-state index in [1.54, 1.807) is 13.8 Å². The van der Waals surface area contributed by atoms with Crippen molar-refractivity contribution in [3.05, 3.63) is 12.7 Å². The number of carboxylic acids is 1. The zero-order chi connectivity index (χ0) is 48.6. The summed E-state index contributed by atoms with van der Waals surface area (Å²) in [6.45, 7) is 15.2. The number of hydrogen-bond acceptors (Lipinski definition) is 9. The van der Waals surface area contributed by atoms with Gasteiger partial charge < -0.3 is 20.6 Å². The van der Waals surface area contributed by atoms with Crippen LogP contribution in [0.15, 0.2) is 17.6 Å². The van der Waals surface area contributed by atoms with E-state index in [0.717, 1.165) is 45.2 Å². The van der Waals surface area contributed by atoms with E-state index in [4.69, 9.17) is 5.11 Å². The van der Waals surface area contributed by atoms with E-state index in [-0.39, 0.29) is 72.3 Å². The van der Waals surface area contributed by atoms with Crippen LogP contribution in [0, 0.1) is 189 Å². The Labute approximate surface area is 447 Å². The van der Waals surface area contributed by atoms with Crippen LogP contribution in [0.2, 0.25) is 0 Å². The Hall–Kier alpha value is -8.80. The minimum Gasteiger partial charge on any atom is -0.478 e. The number of carbonyl (C=O) groups is 3. The van der Waals surface area contributed by atoms with Crippen molar-refractivity contribution in [1.29, 1.82) is 0 Å². The van der Waals surface area contributed by atoms with Gasteiger partial charge in [0.2, 0.25) is 11.8 Å². The van der Waals surface area contributed by atoms with Crippen molar-refractivity contribution in [2.45, 2.75) is 33.4 Å². The summed E-state index contributed by atoms with van der Waals surface area (Å²) < 4.78 is 0. The highest BCUT2D eigenvalue weighted by Gasteiger charge is 2.29. The highest BCUT2D eigenvalue weighted by Crippen LogP contribution is 2.13. The topological polar surface area (TPSA) is 118 Å². The second-order valence-corrected chi connectivity index (χ2v) is 12.1. The molecule has 2 aliphatic rings. The third kappa shape index (κ3) is 33.9. The van der Waals surface area contributed by atoms with Gasteiger partial charge in [0.05, 0.1) is 18.1 Å². The average molecular weight is 964 g/mol. The van der Waals surface area contributed by atoms with Crippen molar-refractivity contribution >= 4 is 48.9 Å². The number of nitrogens with zero attached hydrogens (tertiary/aromatic N) is 4. The van der Waals surface area contributed by atoms with Gasteiger partial charge in [-0.1, -0.05) is 31.3 Å². The monoisotopic (exact) mass is 963 g/mol. The predicted octanol–water partition coefficient (Wildman–Crippen LogP) is 7.86. The molecule has 2 rings (SSSR count). The molecule has 1 unspecified atom stereocenters. The zero-order valence-electron chi connectivity index (χ0n) is 36.7. The van der Waals surface area contributed by atoms with Crippen LogP contribution in [0.3, 0.4) is 0 Å². The first kappa shape index (κ1) is 57.2. The van der Waals surface area contributed by atoms with Crippen molar-refractivity contribution in [2.24, 2.45) is 4.99 Å². The largest absolute Gasteiger partial charge is 0.478 e. The third-order valence-corrected chi connectivity index (χ3v) is 7.52. The average Bonchev–Trinajstić information content (AvgIpc) is 3.94. The normalized spacial score (nSPS) is 11.0. The van der Waals surface area contributed by atoms with Crippen LogP contribution in [0.5, 0.6) is 0 Å². The Morgan fingerprint density at radius 3 is 1.36 bits per heavy atom. The molecule has 12 heteroatoms. The molecule has 2 aliphatic heterocycles. The standard InChI is InChI=1S/C27H23N3OS.C24H15N3OS.C3H4O2.30H2/c1-3-5-6-7-8-9-10-11-12-13-14-15-16-17-18-19-27-29(21-4-2)23-24-30(27)22-20-28-26(31)25-32;1-2-3-4-5-6-7-8-9-10-11-12-13-14-15-16-17-23-25-18-20-27(23)21-19-26-24(28)22-29;1-2-3(4)5;;;;;;;;;;;;;;;;;;;;;;;;;;;;;;/h27,32H,4,20-25H2,1-2H3,(H,28,31);29H,18-22H2,1H3,(H,26,28);2H,1H2,(H,4,5);30*1H. The summed E-state index contributed by atoms with van der Waals surface area (Å²) in [6.07, 6.45) is 1.87. The fraction of sp³-hybridized carbons (Fsp3) is 0.296. The first-order valence-corrected chi connectivity index (χ1v) is 20.8. The second kappa shape index (κ2) is 42.9. The molecular weight excluding hydrogens is 861 g/mol. The van der Waals surface area contributed by atoms with Crippen LogP contribution in [-0.2, 0) is 14.4 Å². The fourth-order valence-electron chi connectivity index (χ4n) is 4.33. The van der Waals surface area contributed by atoms with Gasteiger partial charge in [-0.15, -0.1) is 0 Å². The molecule has 0 saturated carbocycles. The lowest BCUT2D eigenvalue weighted by Crippen LogP contribution is -2.42. The van der Waals surface area contributed by atoms with Gasteiger partial charge in [0.1, 0.15) is 6.17 Å². The molecule has 0 aromatic heterocycles. The molecule has 2 amide bonds. The Bertz CT molecular complexity index is 2940. The van der Waals surface area contributed by atoms with Gasteiger partial charge >= 0.3 is 5.97 Å². The van der Waals surface area contributed by atoms with Gasteiger partial charge in [-0.3, -0.25) is 24.4 Å². The van der Waals surface area contributed by atoms with Crippen LogP contribution in [0.25, 0.3) is 0 Å². The molecule has 2 heterocycles. The molecule has 1 saturated heterocycles. The lowest BCUT2D eigenvalue weighted by molar-refractivity contribution is -0.131. The SMILES string of the molecule is C=CC(=O)O.CC#CC#CC#CC#CC#CC#CC#CC#CC1=NCCN1CCNC(=O)CS.CC#CC#CC#CC#CC#CC#CC#CC#CC1N(CCC)CCN1CCNC(=O)CS.[HH].[HH].[HH].[HH].[HH].[HH].[HH].[HH].[HH].[HH].[HH].[HH].[HH].[HH].[HH].[HH].[HH].[HH].[HH].[HH].[HH].[HH].[HH].[HH].[HH].[HH].[HH].[HH].[HH].[HH]. The van der Waals surface area contributed by atoms with Crippen molar-refractivity contribution in [3.8, 4) is 189 Å². The third-order valence-electron chi connectivity index (χ3n) is 6.95. The predicted molar refractivity (Wildman–Crippen MR) is 332 cm³/mol. The quantitative estimate of drug-likeness (QED) is 0.0814. The number of rotatable bonds is 11. The second-order valence-electron chi connectivity index (χ2n) is 11.5. The molecule has 10 nitrogen and oxygen atoms in total.